The summed E-state index contributed by atoms with van der Waals surface area (Å²) in [6.45, 7) is 0. The largest absolute Gasteiger partial charge is 0.452 e. The van der Waals surface area contributed by atoms with Crippen LogP contribution < -0.4 is 0 Å². The molecule has 5 aromatic heterocycles. The third kappa shape index (κ3) is 6.47. The molecule has 0 radical (unpaired) electrons. The number of fused-ring (bicyclic) bond motifs is 12. The molecule has 11 aromatic carbocycles. The van der Waals surface area contributed by atoms with E-state index < -0.39 is 0 Å². The zero-order valence-electron chi connectivity index (χ0n) is 41.0. The highest BCUT2D eigenvalue weighted by molar-refractivity contribution is 6.14. The van der Waals surface area contributed by atoms with Crippen LogP contribution in [0, 0.1) is 0 Å². The minimum atomic E-state index is 0.675. The van der Waals surface area contributed by atoms with E-state index in [0.29, 0.717) is 5.58 Å². The Hall–Kier alpha value is -10.3. The molecule has 0 aliphatic rings. The normalized spacial score (nSPS) is 11.9. The van der Waals surface area contributed by atoms with Gasteiger partial charge in [-0.1, -0.05) is 164 Å². The van der Waals surface area contributed by atoms with Crippen LogP contribution in [0.15, 0.2) is 266 Å². The quantitative estimate of drug-likeness (QED) is 0.160. The van der Waals surface area contributed by atoms with Crippen molar-refractivity contribution in [1.29, 1.82) is 0 Å². The number of hydrogen-bond donors (Lipinski definition) is 0. The molecule has 0 saturated heterocycles. The van der Waals surface area contributed by atoms with Crippen LogP contribution >= 0.6 is 0 Å². The zero-order chi connectivity index (χ0) is 49.8. The van der Waals surface area contributed by atoms with Crippen molar-refractivity contribution in [3.63, 3.8) is 0 Å². The van der Waals surface area contributed by atoms with Gasteiger partial charge < -0.3 is 18.1 Å². The van der Waals surface area contributed by atoms with Gasteiger partial charge in [-0.25, -0.2) is 9.97 Å². The van der Waals surface area contributed by atoms with Crippen LogP contribution in [0.4, 0.5) is 0 Å². The summed E-state index contributed by atoms with van der Waals surface area (Å²) in [5.41, 5.74) is 21.2. The lowest BCUT2D eigenvalue weighted by molar-refractivity contribution is 0.667. The van der Waals surface area contributed by atoms with E-state index >= 15 is 0 Å². The maximum Gasteiger partial charge on any atom is 0.180 e. The van der Waals surface area contributed by atoms with E-state index in [0.717, 1.165) is 78.1 Å². The lowest BCUT2D eigenvalue weighted by Crippen LogP contribution is -1.95. The van der Waals surface area contributed by atoms with Crippen molar-refractivity contribution in [3.05, 3.63) is 261 Å². The van der Waals surface area contributed by atoms with E-state index in [1.165, 1.54) is 65.5 Å². The first-order valence-electron chi connectivity index (χ1n) is 25.8. The number of para-hydroxylation sites is 5. The topological polar surface area (TPSA) is 53.7 Å². The van der Waals surface area contributed by atoms with Gasteiger partial charge in [0.05, 0.1) is 33.1 Å². The highest BCUT2D eigenvalue weighted by Crippen LogP contribution is 2.41. The van der Waals surface area contributed by atoms with Gasteiger partial charge >= 0.3 is 0 Å². The first kappa shape index (κ1) is 42.2. The Morgan fingerprint density at radius 1 is 0.263 bits per heavy atom. The Balaban J connectivity index is 0.731. The van der Waals surface area contributed by atoms with Crippen molar-refractivity contribution in [3.8, 4) is 61.7 Å². The van der Waals surface area contributed by atoms with E-state index in [-0.39, 0.29) is 0 Å². The van der Waals surface area contributed by atoms with Crippen molar-refractivity contribution in [2.75, 3.05) is 0 Å². The molecule has 354 valence electrons. The number of aromatic nitrogens is 5. The third-order valence-corrected chi connectivity index (χ3v) is 15.6. The Labute approximate surface area is 436 Å². The molecular weight excluding hydrogens is 927 g/mol. The van der Waals surface area contributed by atoms with Gasteiger partial charge in [0, 0.05) is 60.3 Å². The van der Waals surface area contributed by atoms with Crippen LogP contribution in [-0.2, 0) is 0 Å². The van der Waals surface area contributed by atoms with Gasteiger partial charge in [-0.05, 0) is 124 Å². The summed E-state index contributed by atoms with van der Waals surface area (Å²) in [7, 11) is 0. The Morgan fingerprint density at radius 2 is 0.737 bits per heavy atom. The summed E-state index contributed by atoms with van der Waals surface area (Å²) in [6.07, 6.45) is 1.65. The first-order valence-corrected chi connectivity index (χ1v) is 25.8. The predicted molar refractivity (Wildman–Crippen MR) is 314 cm³/mol. The second-order valence-electron chi connectivity index (χ2n) is 19.8. The van der Waals surface area contributed by atoms with Gasteiger partial charge in [0.1, 0.15) is 23.1 Å². The Morgan fingerprint density at radius 3 is 1.42 bits per heavy atom. The number of nitrogens with zero attached hydrogens (tertiary/aromatic N) is 5. The average Bonchev–Trinajstić information content (AvgIpc) is 4.27. The Kier molecular flexibility index (Phi) is 9.23. The van der Waals surface area contributed by atoms with E-state index in [1.807, 2.05) is 0 Å². The molecule has 0 unspecified atom stereocenters. The van der Waals surface area contributed by atoms with Crippen LogP contribution in [0.3, 0.4) is 0 Å². The van der Waals surface area contributed by atoms with Crippen molar-refractivity contribution in [2.45, 2.75) is 0 Å². The third-order valence-electron chi connectivity index (χ3n) is 15.6. The molecule has 16 rings (SSSR count). The number of benzene rings is 11. The van der Waals surface area contributed by atoms with E-state index in [9.17, 15) is 0 Å². The fourth-order valence-corrected chi connectivity index (χ4v) is 12.1. The number of furan rings is 1. The lowest BCUT2D eigenvalue weighted by Gasteiger charge is -2.12. The minimum Gasteiger partial charge on any atom is -0.452 e. The first-order chi connectivity index (χ1) is 37.7. The molecule has 16 aromatic rings. The van der Waals surface area contributed by atoms with Crippen LogP contribution in [-0.4, -0.2) is 23.7 Å². The SMILES string of the molecule is c1ccc(-n2c3ccccc3c3cc(-c4ccc5c6ccccc6n(-c6cccc(-c7ccc(-c8cccc(-c9ncnc%10c9oc9ccc(-n%11c%12ccccc%12c%12ccccc%12%11)cc9%10)c8)cc7)c6)c5c4)ccc32)cc1. The molecule has 0 saturated carbocycles. The molecule has 0 atom stereocenters. The molecule has 6 heteroatoms. The molecule has 0 amide bonds. The molecule has 0 spiro atoms. The molecule has 0 aliphatic heterocycles. The summed E-state index contributed by atoms with van der Waals surface area (Å²) in [4.78, 5) is 9.62. The monoisotopic (exact) mass is 969 g/mol. The van der Waals surface area contributed by atoms with Gasteiger partial charge in [0.25, 0.3) is 0 Å². The molecule has 5 heterocycles. The van der Waals surface area contributed by atoms with Gasteiger partial charge in [-0.15, -0.1) is 0 Å². The van der Waals surface area contributed by atoms with Crippen molar-refractivity contribution in [1.82, 2.24) is 23.7 Å². The average molecular weight is 970 g/mol. The van der Waals surface area contributed by atoms with Gasteiger partial charge in [-0.3, -0.25) is 0 Å². The van der Waals surface area contributed by atoms with Gasteiger partial charge in [-0.2, -0.15) is 0 Å². The van der Waals surface area contributed by atoms with E-state index in [4.69, 9.17) is 14.4 Å². The fraction of sp³-hybridized carbons (Fsp3) is 0. The van der Waals surface area contributed by atoms with Crippen LogP contribution in [0.1, 0.15) is 0 Å². The van der Waals surface area contributed by atoms with Gasteiger partial charge in [0.15, 0.2) is 5.58 Å². The summed E-state index contributed by atoms with van der Waals surface area (Å²) >= 11 is 0. The summed E-state index contributed by atoms with van der Waals surface area (Å²) in [6, 6.07) is 91.9. The predicted octanol–water partition coefficient (Wildman–Crippen LogP) is 18.3. The highest BCUT2D eigenvalue weighted by Gasteiger charge is 2.20. The molecular formula is C70H43N5O. The maximum absolute atomic E-state index is 6.61. The van der Waals surface area contributed by atoms with Crippen LogP contribution in [0.25, 0.3) is 149 Å². The van der Waals surface area contributed by atoms with Crippen LogP contribution in [0.5, 0.6) is 0 Å². The molecule has 0 bridgehead atoms. The van der Waals surface area contributed by atoms with Crippen molar-refractivity contribution < 1.29 is 4.42 Å². The number of hydrogen-bond acceptors (Lipinski definition) is 3. The minimum absolute atomic E-state index is 0.675. The smallest absolute Gasteiger partial charge is 0.180 e. The molecule has 0 N–H and O–H groups in total. The van der Waals surface area contributed by atoms with Crippen molar-refractivity contribution >= 4 is 87.5 Å². The summed E-state index contributed by atoms with van der Waals surface area (Å²) < 4.78 is 13.7. The van der Waals surface area contributed by atoms with Gasteiger partial charge in [0.2, 0.25) is 0 Å². The molecule has 76 heavy (non-hydrogen) atoms. The van der Waals surface area contributed by atoms with E-state index in [2.05, 4.69) is 268 Å². The van der Waals surface area contributed by atoms with Crippen molar-refractivity contribution in [2.24, 2.45) is 0 Å². The number of rotatable bonds is 7. The fourth-order valence-electron chi connectivity index (χ4n) is 12.1. The Bertz CT molecular complexity index is 4940. The van der Waals surface area contributed by atoms with E-state index in [1.54, 1.807) is 6.33 Å². The summed E-state index contributed by atoms with van der Waals surface area (Å²) in [5.74, 6) is 0. The molecule has 0 fully saturated rings. The molecule has 6 nitrogen and oxygen atoms in total. The lowest BCUT2D eigenvalue weighted by atomic mass is 9.98. The standard InChI is InChI=1S/C70H43N5O/c1-2-17-51(18-3-1)73-64-27-11-7-23-57(64)59-40-48(33-36-65(59)73)49-32-35-58-56-22-6-10-26-63(56)75(66(58)41-49)52-19-13-15-47(39-52)45-30-28-44(29-31-45)46-14-12-16-50(38-46)68-70-69(72-43-71-68)60-42-53(34-37-67(60)76-70)74-61-24-8-4-20-54(61)55-21-5-9-25-62(55)74/h1-43H. The second-order valence-corrected chi connectivity index (χ2v) is 19.8. The van der Waals surface area contributed by atoms with Crippen LogP contribution in [0.2, 0.25) is 0 Å². The highest BCUT2D eigenvalue weighted by atomic mass is 16.3. The zero-order valence-corrected chi connectivity index (χ0v) is 41.0. The summed E-state index contributed by atoms with van der Waals surface area (Å²) in [5, 5.41) is 8.35. The maximum atomic E-state index is 6.61. The second kappa shape index (κ2) is 16.6. The molecule has 0 aliphatic carbocycles.